The normalized spacial score (nSPS) is 21.8. The lowest BCUT2D eigenvalue weighted by atomic mass is 10.1. The zero-order valence-electron chi connectivity index (χ0n) is 6.23. The first-order valence-corrected chi connectivity index (χ1v) is 2.20. The number of hydrogen-bond donors (Lipinski definition) is 1. The van der Waals surface area contributed by atoms with E-state index in [-0.39, 0.29) is 5.92 Å². The highest BCUT2D eigenvalue weighted by Crippen LogP contribution is 1.95. The highest BCUT2D eigenvalue weighted by molar-refractivity contribution is 4.41. The Morgan fingerprint density at radius 2 is 2.50 bits per heavy atom. The molecule has 1 atom stereocenters. The van der Waals surface area contributed by atoms with Crippen molar-refractivity contribution in [1.82, 2.24) is 0 Å². The molecular formula is C5H12O. The highest BCUT2D eigenvalue weighted by Gasteiger charge is 1.90. The first-order chi connectivity index (χ1) is 3.48. The van der Waals surface area contributed by atoms with Gasteiger partial charge in [-0.1, -0.05) is 20.3 Å². The molecule has 38 valence electrons. The largest absolute Gasteiger partial charge is 0.396 e. The van der Waals surface area contributed by atoms with Crippen molar-refractivity contribution in [2.45, 2.75) is 20.3 Å². The molecule has 0 fully saturated rings. The Balaban J connectivity index is 3.62. The van der Waals surface area contributed by atoms with Crippen molar-refractivity contribution in [3.05, 3.63) is 0 Å². The molecule has 1 N–H and O–H groups in total. The van der Waals surface area contributed by atoms with Gasteiger partial charge in [-0.05, 0) is 5.92 Å². The van der Waals surface area contributed by atoms with Crippen LogP contribution in [0.25, 0.3) is 0 Å². The monoisotopic (exact) mass is 90.1 g/mol. The Labute approximate surface area is 41.8 Å². The van der Waals surface area contributed by atoms with Crippen molar-refractivity contribution in [2.24, 2.45) is 5.92 Å². The molecule has 0 saturated heterocycles. The maximum atomic E-state index is 8.62. The Hall–Kier alpha value is -0.0400. The smallest absolute Gasteiger partial charge is 0.0566 e. The summed E-state index contributed by atoms with van der Waals surface area (Å²) in [6.07, 6.45) is 0.670. The first kappa shape index (κ1) is 3.03. The molecule has 0 aliphatic carbocycles. The van der Waals surface area contributed by atoms with E-state index < -0.39 is 6.56 Å². The maximum Gasteiger partial charge on any atom is 0.0566 e. The fourth-order valence-corrected chi connectivity index (χ4v) is 0.0913. The minimum absolute atomic E-state index is 0.262. The van der Waals surface area contributed by atoms with Gasteiger partial charge in [0.05, 0.1) is 2.74 Å². The summed E-state index contributed by atoms with van der Waals surface area (Å²) in [7, 11) is 0. The van der Waals surface area contributed by atoms with Crippen LogP contribution in [-0.4, -0.2) is 11.7 Å². The Morgan fingerprint density at radius 3 is 2.50 bits per heavy atom. The van der Waals surface area contributed by atoms with Crippen LogP contribution in [0.4, 0.5) is 0 Å². The minimum atomic E-state index is -1.99. The van der Waals surface area contributed by atoms with Gasteiger partial charge in [-0.2, -0.15) is 0 Å². The van der Waals surface area contributed by atoms with E-state index in [0.29, 0.717) is 6.42 Å². The van der Waals surface area contributed by atoms with Crippen LogP contribution in [0.15, 0.2) is 0 Å². The standard InChI is InChI=1S/C5H12O/c1-3-5(2)4-6/h5-6H,3-4H2,1-2H3/t5-/m1/s1/i4D2. The third-order valence-corrected chi connectivity index (χ3v) is 0.833. The molecule has 1 nitrogen and oxygen atoms in total. The summed E-state index contributed by atoms with van der Waals surface area (Å²) in [5.41, 5.74) is 0. The molecule has 0 unspecified atom stereocenters. The molecule has 0 aromatic carbocycles. The van der Waals surface area contributed by atoms with Crippen LogP contribution in [0.2, 0.25) is 0 Å². The molecule has 0 bridgehead atoms. The quantitative estimate of drug-likeness (QED) is 0.537. The number of aliphatic hydroxyl groups is 1. The van der Waals surface area contributed by atoms with E-state index in [1.807, 2.05) is 6.92 Å². The second-order valence-corrected chi connectivity index (χ2v) is 1.44. The summed E-state index contributed by atoms with van der Waals surface area (Å²) in [5.74, 6) is -0.262. The van der Waals surface area contributed by atoms with Gasteiger partial charge in [0.2, 0.25) is 0 Å². The summed E-state index contributed by atoms with van der Waals surface area (Å²) >= 11 is 0. The summed E-state index contributed by atoms with van der Waals surface area (Å²) in [4.78, 5) is 0. The van der Waals surface area contributed by atoms with Gasteiger partial charge in [0.15, 0.2) is 0 Å². The molecule has 0 rings (SSSR count). The first-order valence-electron chi connectivity index (χ1n) is 3.20. The van der Waals surface area contributed by atoms with Crippen molar-refractivity contribution in [2.75, 3.05) is 6.56 Å². The molecule has 0 aliphatic heterocycles. The summed E-state index contributed by atoms with van der Waals surface area (Å²) < 4.78 is 13.5. The average molecular weight is 90.2 g/mol. The van der Waals surface area contributed by atoms with Crippen LogP contribution >= 0.6 is 0 Å². The van der Waals surface area contributed by atoms with E-state index in [1.54, 1.807) is 6.92 Å². The lowest BCUT2D eigenvalue weighted by Crippen LogP contribution is -1.96. The minimum Gasteiger partial charge on any atom is -0.396 e. The fourth-order valence-electron chi connectivity index (χ4n) is 0.0913. The predicted octanol–water partition coefficient (Wildman–Crippen LogP) is 1.02. The molecule has 0 aromatic heterocycles. The van der Waals surface area contributed by atoms with E-state index in [1.165, 1.54) is 0 Å². The average Bonchev–Trinajstić information content (AvgIpc) is 1.62. The Bertz CT molecular complexity index is 67.3. The molecule has 0 aliphatic rings. The molecule has 6 heavy (non-hydrogen) atoms. The molecule has 0 radical (unpaired) electrons. The van der Waals surface area contributed by atoms with Crippen LogP contribution < -0.4 is 0 Å². The Morgan fingerprint density at radius 1 is 2.00 bits per heavy atom. The molecule has 0 saturated carbocycles. The molecule has 0 spiro atoms. The van der Waals surface area contributed by atoms with E-state index in [9.17, 15) is 0 Å². The van der Waals surface area contributed by atoms with E-state index in [2.05, 4.69) is 0 Å². The highest BCUT2D eigenvalue weighted by atomic mass is 16.3. The Kier molecular flexibility index (Phi) is 1.59. The topological polar surface area (TPSA) is 20.2 Å². The van der Waals surface area contributed by atoms with Crippen LogP contribution in [0.5, 0.6) is 0 Å². The van der Waals surface area contributed by atoms with Crippen LogP contribution in [0.3, 0.4) is 0 Å². The number of hydrogen-bond acceptors (Lipinski definition) is 1. The van der Waals surface area contributed by atoms with Gasteiger partial charge >= 0.3 is 0 Å². The van der Waals surface area contributed by atoms with Crippen molar-refractivity contribution in [1.29, 1.82) is 0 Å². The van der Waals surface area contributed by atoms with Gasteiger partial charge < -0.3 is 5.11 Å². The van der Waals surface area contributed by atoms with Crippen molar-refractivity contribution in [3.8, 4) is 0 Å². The van der Waals surface area contributed by atoms with Crippen LogP contribution in [0.1, 0.15) is 23.0 Å². The van der Waals surface area contributed by atoms with Gasteiger partial charge in [-0.3, -0.25) is 0 Å². The van der Waals surface area contributed by atoms with Crippen LogP contribution in [0, 0.1) is 5.92 Å². The maximum absolute atomic E-state index is 8.62. The van der Waals surface area contributed by atoms with Gasteiger partial charge in [-0.15, -0.1) is 0 Å². The summed E-state index contributed by atoms with van der Waals surface area (Å²) in [6.45, 7) is 1.54. The van der Waals surface area contributed by atoms with Crippen molar-refractivity contribution < 1.29 is 7.85 Å². The lowest BCUT2D eigenvalue weighted by molar-refractivity contribution is 0.234. The summed E-state index contributed by atoms with van der Waals surface area (Å²) in [6, 6.07) is 0. The zero-order chi connectivity index (χ0) is 6.78. The SMILES string of the molecule is [2H]C([2H])(O)[C@H](C)CC. The number of rotatable bonds is 2. The predicted molar refractivity (Wildman–Crippen MR) is 26.5 cm³/mol. The second-order valence-electron chi connectivity index (χ2n) is 1.44. The van der Waals surface area contributed by atoms with Crippen molar-refractivity contribution >= 4 is 0 Å². The third-order valence-electron chi connectivity index (χ3n) is 0.833. The third kappa shape index (κ3) is 2.21. The van der Waals surface area contributed by atoms with Gasteiger partial charge in [0.1, 0.15) is 0 Å². The van der Waals surface area contributed by atoms with Crippen LogP contribution in [-0.2, 0) is 0 Å². The van der Waals surface area contributed by atoms with Gasteiger partial charge in [0, 0.05) is 6.56 Å². The van der Waals surface area contributed by atoms with Gasteiger partial charge in [-0.25, -0.2) is 0 Å². The molecule has 1 heteroatoms. The van der Waals surface area contributed by atoms with Crippen molar-refractivity contribution in [3.63, 3.8) is 0 Å². The second kappa shape index (κ2) is 3.16. The molecular weight excluding hydrogens is 76.1 g/mol. The van der Waals surface area contributed by atoms with E-state index >= 15 is 0 Å². The molecule has 0 amide bonds. The lowest BCUT2D eigenvalue weighted by Gasteiger charge is -1.98. The van der Waals surface area contributed by atoms with Gasteiger partial charge in [0.25, 0.3) is 0 Å². The fraction of sp³-hybridized carbons (Fsp3) is 1.00. The van der Waals surface area contributed by atoms with E-state index in [4.69, 9.17) is 7.85 Å². The zero-order valence-corrected chi connectivity index (χ0v) is 4.23. The van der Waals surface area contributed by atoms with E-state index in [0.717, 1.165) is 0 Å². The summed E-state index contributed by atoms with van der Waals surface area (Å²) in [5, 5.41) is 8.62. The molecule has 0 heterocycles. The molecule has 0 aromatic rings.